The Morgan fingerprint density at radius 1 is 1.28 bits per heavy atom. The van der Waals surface area contributed by atoms with Crippen LogP contribution in [0.2, 0.25) is 0 Å². The van der Waals surface area contributed by atoms with Crippen LogP contribution in [0.1, 0.15) is 24.8 Å². The molecule has 0 N–H and O–H groups in total. The topological polar surface area (TPSA) is 3.24 Å². The predicted molar refractivity (Wildman–Crippen MR) is 72.8 cm³/mol. The summed E-state index contributed by atoms with van der Waals surface area (Å²) < 4.78 is 26.0. The largest absolute Gasteiger partial charge is 0.299 e. The van der Waals surface area contributed by atoms with Crippen molar-refractivity contribution in [1.82, 2.24) is 4.90 Å². The monoisotopic (exact) mass is 317 g/mol. The molecule has 0 aromatic heterocycles. The summed E-state index contributed by atoms with van der Waals surface area (Å²) in [6.07, 6.45) is 3.66. The Morgan fingerprint density at radius 3 is 2.83 bits per heavy atom. The molecule has 1 fully saturated rings. The highest BCUT2D eigenvalue weighted by molar-refractivity contribution is 9.09. The second-order valence-corrected chi connectivity index (χ2v) is 5.76. The van der Waals surface area contributed by atoms with E-state index in [0.717, 1.165) is 36.4 Å². The Bertz CT molecular complexity index is 395. The lowest BCUT2D eigenvalue weighted by Crippen LogP contribution is -2.35. The van der Waals surface area contributed by atoms with Gasteiger partial charge in [-0.15, -0.1) is 0 Å². The Labute approximate surface area is 115 Å². The van der Waals surface area contributed by atoms with Crippen LogP contribution in [0.5, 0.6) is 0 Å². The molecule has 2 rings (SSSR count). The van der Waals surface area contributed by atoms with Gasteiger partial charge in [0.2, 0.25) is 0 Å². The number of rotatable bonds is 4. The molecule has 1 aromatic rings. The van der Waals surface area contributed by atoms with Crippen molar-refractivity contribution in [1.29, 1.82) is 0 Å². The zero-order chi connectivity index (χ0) is 13.0. The summed E-state index contributed by atoms with van der Waals surface area (Å²) in [5.74, 6) is -0.792. The molecule has 0 aliphatic carbocycles. The summed E-state index contributed by atoms with van der Waals surface area (Å²) in [5, 5.41) is 1.04. The minimum Gasteiger partial charge on any atom is -0.299 e. The average molecular weight is 318 g/mol. The van der Waals surface area contributed by atoms with E-state index in [1.165, 1.54) is 31.4 Å². The van der Waals surface area contributed by atoms with E-state index in [2.05, 4.69) is 20.8 Å². The van der Waals surface area contributed by atoms with Gasteiger partial charge in [0.15, 0.2) is 11.6 Å². The first-order valence-electron chi connectivity index (χ1n) is 6.41. The lowest BCUT2D eigenvalue weighted by Gasteiger charge is -2.32. The van der Waals surface area contributed by atoms with Gasteiger partial charge in [-0.3, -0.25) is 4.90 Å². The highest BCUT2D eigenvalue weighted by Crippen LogP contribution is 2.22. The van der Waals surface area contributed by atoms with Gasteiger partial charge in [-0.2, -0.15) is 0 Å². The molecular weight excluding hydrogens is 300 g/mol. The van der Waals surface area contributed by atoms with Gasteiger partial charge in [0.25, 0.3) is 0 Å². The molecule has 1 unspecified atom stereocenters. The smallest absolute Gasteiger partial charge is 0.159 e. The molecule has 1 nitrogen and oxygen atoms in total. The van der Waals surface area contributed by atoms with Gasteiger partial charge < -0.3 is 0 Å². The van der Waals surface area contributed by atoms with Gasteiger partial charge in [-0.25, -0.2) is 8.78 Å². The number of halogens is 3. The zero-order valence-corrected chi connectivity index (χ0v) is 11.9. The standard InChI is InChI=1S/C14H18BrF2N/c15-6-5-11-2-1-7-18(9-11)10-12-3-4-13(16)14(17)8-12/h3-4,8,11H,1-2,5-7,9-10H2. The van der Waals surface area contributed by atoms with E-state index >= 15 is 0 Å². The predicted octanol–water partition coefficient (Wildman–Crippen LogP) is 3.96. The summed E-state index contributed by atoms with van der Waals surface area (Å²) in [7, 11) is 0. The quantitative estimate of drug-likeness (QED) is 0.760. The molecule has 1 heterocycles. The third-order valence-corrected chi connectivity index (χ3v) is 3.97. The molecular formula is C14H18BrF2N. The van der Waals surface area contributed by atoms with E-state index in [-0.39, 0.29) is 0 Å². The fraction of sp³-hybridized carbons (Fsp3) is 0.571. The molecule has 0 radical (unpaired) electrons. The van der Waals surface area contributed by atoms with Crippen LogP contribution in [-0.4, -0.2) is 23.3 Å². The van der Waals surface area contributed by atoms with Crippen molar-refractivity contribution in [3.63, 3.8) is 0 Å². The van der Waals surface area contributed by atoms with Crippen molar-refractivity contribution in [2.75, 3.05) is 18.4 Å². The minimum absolute atomic E-state index is 0.718. The van der Waals surface area contributed by atoms with Crippen LogP contribution in [-0.2, 0) is 6.54 Å². The normalized spacial score (nSPS) is 21.2. The number of hydrogen-bond acceptors (Lipinski definition) is 1. The highest BCUT2D eigenvalue weighted by atomic mass is 79.9. The molecule has 1 aromatic carbocycles. The highest BCUT2D eigenvalue weighted by Gasteiger charge is 2.19. The first kappa shape index (κ1) is 13.9. The van der Waals surface area contributed by atoms with Crippen LogP contribution in [0.25, 0.3) is 0 Å². The second-order valence-electron chi connectivity index (χ2n) is 4.97. The van der Waals surface area contributed by atoms with Gasteiger partial charge in [0, 0.05) is 18.4 Å². The SMILES string of the molecule is Fc1ccc(CN2CCCC(CCBr)C2)cc1F. The van der Waals surface area contributed by atoms with Gasteiger partial charge in [-0.05, 0) is 49.4 Å². The van der Waals surface area contributed by atoms with Gasteiger partial charge in [0.05, 0.1) is 0 Å². The number of nitrogens with zero attached hydrogens (tertiary/aromatic N) is 1. The third-order valence-electron chi connectivity index (χ3n) is 3.51. The molecule has 18 heavy (non-hydrogen) atoms. The average Bonchev–Trinajstić information content (AvgIpc) is 2.35. The van der Waals surface area contributed by atoms with Crippen molar-refractivity contribution in [3.8, 4) is 0 Å². The number of hydrogen-bond donors (Lipinski definition) is 0. The van der Waals surface area contributed by atoms with Crippen LogP contribution in [0.15, 0.2) is 18.2 Å². The Morgan fingerprint density at radius 2 is 2.11 bits per heavy atom. The number of alkyl halides is 1. The summed E-state index contributed by atoms with van der Waals surface area (Å²) in [6.45, 7) is 2.83. The fourth-order valence-corrected chi connectivity index (χ4v) is 3.23. The molecule has 0 saturated carbocycles. The van der Waals surface area contributed by atoms with Crippen molar-refractivity contribution in [2.24, 2.45) is 5.92 Å². The van der Waals surface area contributed by atoms with Crippen LogP contribution in [0.4, 0.5) is 8.78 Å². The van der Waals surface area contributed by atoms with Crippen molar-refractivity contribution in [3.05, 3.63) is 35.4 Å². The Kier molecular flexibility index (Phi) is 5.13. The van der Waals surface area contributed by atoms with Gasteiger partial charge in [-0.1, -0.05) is 22.0 Å². The molecule has 0 bridgehead atoms. The first-order valence-corrected chi connectivity index (χ1v) is 7.53. The summed E-state index contributed by atoms with van der Waals surface area (Å²) in [6, 6.07) is 4.19. The Hall–Kier alpha value is -0.480. The Balaban J connectivity index is 1.93. The second kappa shape index (κ2) is 6.62. The third kappa shape index (κ3) is 3.75. The van der Waals surface area contributed by atoms with E-state index < -0.39 is 11.6 Å². The van der Waals surface area contributed by atoms with Gasteiger partial charge >= 0.3 is 0 Å². The van der Waals surface area contributed by atoms with E-state index in [0.29, 0.717) is 0 Å². The molecule has 1 aliphatic heterocycles. The van der Waals surface area contributed by atoms with Crippen LogP contribution in [0, 0.1) is 17.6 Å². The summed E-state index contributed by atoms with van der Waals surface area (Å²) in [5.41, 5.74) is 0.855. The zero-order valence-electron chi connectivity index (χ0n) is 10.3. The maximum Gasteiger partial charge on any atom is 0.159 e. The number of piperidine rings is 1. The first-order chi connectivity index (χ1) is 8.69. The summed E-state index contributed by atoms with van der Waals surface area (Å²) >= 11 is 3.48. The number of likely N-dealkylation sites (tertiary alicyclic amines) is 1. The molecule has 0 spiro atoms. The van der Waals surface area contributed by atoms with Crippen LogP contribution >= 0.6 is 15.9 Å². The molecule has 4 heteroatoms. The maximum absolute atomic E-state index is 13.1. The maximum atomic E-state index is 13.1. The van der Waals surface area contributed by atoms with Crippen LogP contribution in [0.3, 0.4) is 0 Å². The van der Waals surface area contributed by atoms with E-state index in [1.807, 2.05) is 0 Å². The van der Waals surface area contributed by atoms with Crippen molar-refractivity contribution in [2.45, 2.75) is 25.8 Å². The van der Waals surface area contributed by atoms with E-state index in [4.69, 9.17) is 0 Å². The van der Waals surface area contributed by atoms with E-state index in [1.54, 1.807) is 6.07 Å². The molecule has 1 saturated heterocycles. The lowest BCUT2D eigenvalue weighted by atomic mass is 9.95. The number of benzene rings is 1. The molecule has 1 aliphatic rings. The van der Waals surface area contributed by atoms with Crippen molar-refractivity contribution >= 4 is 15.9 Å². The fourth-order valence-electron chi connectivity index (χ4n) is 2.58. The lowest BCUT2D eigenvalue weighted by molar-refractivity contribution is 0.165. The van der Waals surface area contributed by atoms with Gasteiger partial charge in [0.1, 0.15) is 0 Å². The minimum atomic E-state index is -0.769. The molecule has 100 valence electrons. The summed E-state index contributed by atoms with van der Waals surface area (Å²) in [4.78, 5) is 2.34. The molecule has 0 amide bonds. The van der Waals surface area contributed by atoms with Crippen molar-refractivity contribution < 1.29 is 8.78 Å². The van der Waals surface area contributed by atoms with E-state index in [9.17, 15) is 8.78 Å². The molecule has 1 atom stereocenters. The van der Waals surface area contributed by atoms with Crippen LogP contribution < -0.4 is 0 Å².